The van der Waals surface area contributed by atoms with E-state index in [1.807, 2.05) is 16.7 Å². The van der Waals surface area contributed by atoms with Crippen molar-refractivity contribution in [1.29, 1.82) is 10.5 Å². The fraction of sp³-hybridized carbons (Fsp3) is 0.582. The van der Waals surface area contributed by atoms with Crippen molar-refractivity contribution in [1.82, 2.24) is 45.0 Å². The predicted molar refractivity (Wildman–Crippen MR) is 352 cm³/mol. The molecule has 0 radical (unpaired) electrons. The molecule has 2 amide bonds. The lowest BCUT2D eigenvalue weighted by atomic mass is 9.97. The Hall–Kier alpha value is -5.48. The highest BCUT2D eigenvalue weighted by atomic mass is 35.5. The molecule has 21 nitrogen and oxygen atoms in total. The molecule has 0 bridgehead atoms. The number of piperazine rings is 1. The van der Waals surface area contributed by atoms with Crippen LogP contribution in [0.1, 0.15) is 145 Å². The van der Waals surface area contributed by atoms with Gasteiger partial charge in [-0.15, -0.1) is 0 Å². The van der Waals surface area contributed by atoms with Crippen LogP contribution in [0, 0.1) is 28.6 Å². The Morgan fingerprint density at radius 3 is 1.74 bits per heavy atom. The number of ketones is 1. The number of benzene rings is 4. The quantitative estimate of drug-likeness (QED) is 0.0306. The Balaban J connectivity index is 0.619. The van der Waals surface area contributed by atoms with Crippen molar-refractivity contribution in [3.8, 4) is 23.6 Å². The lowest BCUT2D eigenvalue weighted by molar-refractivity contribution is -0.119. The summed E-state index contributed by atoms with van der Waals surface area (Å²) in [5.41, 5.74) is 3.24. The maximum atomic E-state index is 13.9. The number of halogens is 2. The zero-order chi connectivity index (χ0) is 78.9. The summed E-state index contributed by atoms with van der Waals surface area (Å²) in [5, 5.41) is 27.9. The van der Waals surface area contributed by atoms with Crippen LogP contribution in [0.25, 0.3) is 0 Å². The van der Waals surface area contributed by atoms with Crippen LogP contribution in [0.2, 0.25) is 10.0 Å². The molecular weight excluding hydrogens is 1250 g/mol. The Morgan fingerprint density at radius 2 is 1.21 bits per heavy atom. The molecule has 4 fully saturated rings. The van der Waals surface area contributed by atoms with E-state index in [4.69, 9.17) is 64.1 Å². The number of ether oxygens (including phenoxy) is 4. The Morgan fingerprint density at radius 1 is 0.663 bits per heavy atom. The molecular formula is C67H89Cl2N11O10S2. The summed E-state index contributed by atoms with van der Waals surface area (Å²) in [5.74, 6) is -1.35. The molecule has 0 unspecified atom stereocenters. The first-order chi connectivity index (χ1) is 50.7. The normalized spacial score (nSPS) is 26.9. The van der Waals surface area contributed by atoms with Crippen LogP contribution in [0.3, 0.4) is 0 Å². The number of nitriles is 2. The number of rotatable bonds is 31. The minimum absolute atomic E-state index is 0.0159. The fourth-order valence-corrected chi connectivity index (χ4v) is 15.6. The zero-order valence-corrected chi connectivity index (χ0v) is 54.6. The Kier molecular flexibility index (Phi) is 18.1. The molecule has 4 saturated heterocycles. The Labute approximate surface area is 575 Å². The van der Waals surface area contributed by atoms with Crippen LogP contribution in [-0.2, 0) is 47.2 Å². The van der Waals surface area contributed by atoms with Gasteiger partial charge < -0.3 is 34.9 Å². The smallest absolute Gasteiger partial charge is 0.314 e. The first-order valence-electron chi connectivity index (χ1n) is 39.2. The summed E-state index contributed by atoms with van der Waals surface area (Å²) >= 11 is 12.9. The minimum atomic E-state index is -4.66. The van der Waals surface area contributed by atoms with E-state index in [1.54, 1.807) is 29.6 Å². The number of carbonyl (C=O) groups excluding carboxylic acids is 2. The number of hydrogen-bond acceptors (Lipinski definition) is 17. The number of piperidine rings is 1. The van der Waals surface area contributed by atoms with Gasteiger partial charge in [0.05, 0.1) is 75.9 Å². The van der Waals surface area contributed by atoms with Crippen molar-refractivity contribution < 1.29 is 67.3 Å². The molecule has 4 aromatic carbocycles. The van der Waals surface area contributed by atoms with Gasteiger partial charge in [-0.1, -0.05) is 36.5 Å². The highest BCUT2D eigenvalue weighted by molar-refractivity contribution is 7.89. The molecule has 6 aliphatic rings. The van der Waals surface area contributed by atoms with Gasteiger partial charge in [-0.05, 0) is 185 Å². The van der Waals surface area contributed by atoms with Crippen molar-refractivity contribution in [2.45, 2.75) is 143 Å². The van der Waals surface area contributed by atoms with Crippen molar-refractivity contribution in [3.63, 3.8) is 0 Å². The van der Waals surface area contributed by atoms with Crippen LogP contribution >= 0.6 is 23.2 Å². The molecule has 0 saturated carbocycles. The third-order valence-electron chi connectivity index (χ3n) is 17.3. The second-order valence-corrected chi connectivity index (χ2v) is 28.3. The van der Waals surface area contributed by atoms with Gasteiger partial charge in [-0.2, -0.15) is 10.5 Å². The lowest BCUT2D eigenvalue weighted by Gasteiger charge is -2.38. The van der Waals surface area contributed by atoms with Gasteiger partial charge in [-0.25, -0.2) is 31.1 Å². The number of Topliss-reactive ketones (excluding diaryl/α,β-unsaturated/α-hetero) is 1. The van der Waals surface area contributed by atoms with Crippen molar-refractivity contribution in [3.05, 3.63) is 116 Å². The number of likely N-dealkylation sites (tertiary alicyclic amines) is 3. The van der Waals surface area contributed by atoms with Crippen LogP contribution in [0.5, 0.6) is 11.5 Å². The van der Waals surface area contributed by atoms with Crippen LogP contribution < -0.4 is 34.9 Å². The number of carbonyl (C=O) groups is 2. The number of fused-ring (bicyclic) bond motifs is 2. The summed E-state index contributed by atoms with van der Waals surface area (Å²) in [6, 6.07) is 1.39. The highest BCUT2D eigenvalue weighted by Crippen LogP contribution is 2.44. The molecule has 8 atom stereocenters. The SMILES string of the molecule is [2H]c1c([2H])c(S(=O)(=O)N[C@H]2CCN(CCOCCCC(=O)CC([2H])([2H])C([2H])([2H])C([2H])([2H])C([2H])([2H])NC(=O)NCCOCCN3CC[C@H](NS(=O)(=O)c4c([2H])c([2H])c(O[C@H]5c6cc(Cl)cc(C#N)c6C[C@@H]5N5CCN[C@H](C)C5)c([2H])c4[2H])C3)C2)c([2H])c([2H])c1O[C@H]1c2cc(Cl)cc(C#N)c2C[C@@H]1N1CCC[C@H](C)C1. The summed E-state index contributed by atoms with van der Waals surface area (Å²) in [6.07, 6.45) is -10.6. The first-order valence-corrected chi connectivity index (χ1v) is 34.9. The standard InChI is InChI=1S/C67H89Cl2N11O10S2/c1-46-8-6-24-79(42-46)63-38-59-48(40-70)34-50(68)36-61(59)65(63)89-55-11-15-57(16-12-55)91(83,84)75-52-19-25-77(44-52)28-32-87-30-7-10-54(81)9-4-3-5-21-73-67(82)74-23-31-88-33-29-78-26-20-53(45-78)76-92(85,86)58-17-13-56(14-18-58)90-66-62-37-51(69)35-49(41-71)60(62)39-64(66)80-27-22-72-47(2)43-80/h11-18,34-37,46-47,52-53,63-66,72,75-76H,3-10,19-33,38-39,42-45H2,1-2H3,(H2,73,74,82)/t46-,47+,52-,53-,63-,64-,65-,66-/m0/s1/i3D2,4D2,5D2,11D,12D,13D,14D,15D,16D,17D,18D,21D2. The molecule has 2 aliphatic carbocycles. The number of nitrogens with zero attached hydrogens (tertiary/aromatic N) is 6. The molecule has 4 aliphatic heterocycles. The van der Waals surface area contributed by atoms with E-state index in [9.17, 15) is 36.9 Å². The average Bonchev–Trinajstić information content (AvgIpc) is 0.883. The van der Waals surface area contributed by atoms with E-state index in [1.165, 1.54) is 0 Å². The minimum Gasteiger partial charge on any atom is -0.484 e. The Bertz CT molecular complexity index is 4050. The van der Waals surface area contributed by atoms with Gasteiger partial charge in [0.1, 0.15) is 29.5 Å². The third kappa shape index (κ3) is 18.7. The number of nitrogens with one attached hydrogen (secondary N) is 5. The average molecular weight is 1360 g/mol. The van der Waals surface area contributed by atoms with Gasteiger partial charge in [-0.3, -0.25) is 24.4 Å². The van der Waals surface area contributed by atoms with Crippen LogP contribution in [0.4, 0.5) is 4.79 Å². The van der Waals surface area contributed by atoms with E-state index in [0.29, 0.717) is 104 Å². The van der Waals surface area contributed by atoms with Gasteiger partial charge in [0.25, 0.3) is 0 Å². The summed E-state index contributed by atoms with van der Waals surface area (Å²) in [6.45, 7) is 5.44. The molecule has 0 aromatic heterocycles. The van der Waals surface area contributed by atoms with Gasteiger partial charge in [0.2, 0.25) is 20.0 Å². The fourth-order valence-electron chi connectivity index (χ4n) is 12.9. The molecule has 4 heterocycles. The summed E-state index contributed by atoms with van der Waals surface area (Å²) in [4.78, 5) is 32.3. The molecule has 25 heteroatoms. The van der Waals surface area contributed by atoms with Crippen molar-refractivity contribution >= 4 is 55.1 Å². The topological polar surface area (TPSA) is 260 Å². The highest BCUT2D eigenvalue weighted by Gasteiger charge is 2.43. The van der Waals surface area contributed by atoms with E-state index in [0.717, 1.165) is 25.9 Å². The largest absolute Gasteiger partial charge is 0.484 e. The van der Waals surface area contributed by atoms with Crippen molar-refractivity contribution in [2.75, 3.05) is 111 Å². The van der Waals surface area contributed by atoms with E-state index >= 15 is 0 Å². The summed E-state index contributed by atoms with van der Waals surface area (Å²) < 4.78 is 223. The van der Waals surface area contributed by atoms with Gasteiger partial charge >= 0.3 is 6.03 Å². The number of sulfonamides is 2. The third-order valence-corrected chi connectivity index (χ3v) is 20.5. The molecule has 0 spiro atoms. The lowest BCUT2D eigenvalue weighted by Crippen LogP contribution is -2.54. The van der Waals surface area contributed by atoms with Gasteiger partial charge in [0, 0.05) is 124 Å². The van der Waals surface area contributed by atoms with Crippen molar-refractivity contribution in [2.24, 2.45) is 5.92 Å². The second kappa shape index (κ2) is 32.8. The first kappa shape index (κ1) is 50.9. The molecule has 92 heavy (non-hydrogen) atoms. The van der Waals surface area contributed by atoms with Gasteiger partial charge in [0.15, 0.2) is 0 Å². The number of urea groups is 1. The summed E-state index contributed by atoms with van der Waals surface area (Å²) in [7, 11) is -9.30. The molecule has 5 N–H and O–H groups in total. The van der Waals surface area contributed by atoms with Crippen LogP contribution in [0.15, 0.2) is 82.4 Å². The van der Waals surface area contributed by atoms with E-state index < -0.39 is 158 Å². The molecule has 10 rings (SSSR count). The van der Waals surface area contributed by atoms with Crippen LogP contribution in [-0.4, -0.2) is 190 Å². The molecule has 4 aromatic rings. The number of hydrogen-bond donors (Lipinski definition) is 5. The van der Waals surface area contributed by atoms with E-state index in [-0.39, 0.29) is 93.6 Å². The zero-order valence-electron chi connectivity index (χ0n) is 67.4. The molecule has 498 valence electrons. The van der Waals surface area contributed by atoms with E-state index in [2.05, 4.69) is 48.9 Å². The maximum absolute atomic E-state index is 13.9. The number of amides is 2. The monoisotopic (exact) mass is 1360 g/mol. The second-order valence-electron chi connectivity index (χ2n) is 24.1. The maximum Gasteiger partial charge on any atom is 0.314 e. The predicted octanol–water partition coefficient (Wildman–Crippen LogP) is 7.50.